The first kappa shape index (κ1) is 14.8. The lowest BCUT2D eigenvalue weighted by molar-refractivity contribution is -0.0840. The SMILES string of the molecule is C[C@@]1(O)[C@@H](CO)C[C@@H](n2cnc3c(NC4CC4)ncnc32)[C@@H]1O. The normalized spacial score (nSPS) is 34.2. The van der Waals surface area contributed by atoms with Gasteiger partial charge in [-0.3, -0.25) is 0 Å². The summed E-state index contributed by atoms with van der Waals surface area (Å²) in [5.74, 6) is 0.319. The van der Waals surface area contributed by atoms with E-state index in [2.05, 4.69) is 20.3 Å². The molecule has 2 aromatic heterocycles. The first-order chi connectivity index (χ1) is 11.0. The lowest BCUT2D eigenvalue weighted by atomic mass is 9.92. The molecule has 0 aromatic carbocycles. The highest BCUT2D eigenvalue weighted by atomic mass is 16.3. The number of hydrogen-bond acceptors (Lipinski definition) is 7. The third kappa shape index (κ3) is 2.29. The van der Waals surface area contributed by atoms with E-state index in [-0.39, 0.29) is 18.6 Å². The number of rotatable bonds is 4. The van der Waals surface area contributed by atoms with Crippen LogP contribution in [0.4, 0.5) is 5.82 Å². The Morgan fingerprint density at radius 3 is 2.78 bits per heavy atom. The van der Waals surface area contributed by atoms with Crippen LogP contribution in [0.1, 0.15) is 32.2 Å². The summed E-state index contributed by atoms with van der Waals surface area (Å²) in [5.41, 5.74) is -0.0433. The molecule has 124 valence electrons. The molecule has 8 heteroatoms. The van der Waals surface area contributed by atoms with E-state index < -0.39 is 11.7 Å². The molecular weight excluding hydrogens is 298 g/mol. The standard InChI is InChI=1S/C15H21N5O3/c1-15(23)8(5-21)4-10(12(15)22)20-7-18-11-13(19-9-2-3-9)16-6-17-14(11)20/h6-10,12,21-23H,2-5H2,1H3,(H,16,17,19)/t8-,10-,12+,15-/m1/s1. The second-order valence-electron chi connectivity index (χ2n) is 6.82. The van der Waals surface area contributed by atoms with E-state index in [1.807, 2.05) is 0 Å². The Balaban J connectivity index is 1.72. The van der Waals surface area contributed by atoms with Crippen LogP contribution in [0, 0.1) is 5.92 Å². The van der Waals surface area contributed by atoms with Gasteiger partial charge >= 0.3 is 0 Å². The fraction of sp³-hybridized carbons (Fsp3) is 0.667. The fourth-order valence-corrected chi connectivity index (χ4v) is 3.44. The van der Waals surface area contributed by atoms with Crippen molar-refractivity contribution in [1.29, 1.82) is 0 Å². The molecule has 0 saturated heterocycles. The van der Waals surface area contributed by atoms with Gasteiger partial charge in [-0.2, -0.15) is 0 Å². The molecule has 2 aromatic rings. The Morgan fingerprint density at radius 1 is 1.35 bits per heavy atom. The fourth-order valence-electron chi connectivity index (χ4n) is 3.44. The van der Waals surface area contributed by atoms with Gasteiger partial charge in [0.05, 0.1) is 18.0 Å². The van der Waals surface area contributed by atoms with Gasteiger partial charge in [0, 0.05) is 18.6 Å². The maximum absolute atomic E-state index is 10.5. The summed E-state index contributed by atoms with van der Waals surface area (Å²) in [7, 11) is 0. The van der Waals surface area contributed by atoms with Gasteiger partial charge in [-0.1, -0.05) is 0 Å². The third-order valence-corrected chi connectivity index (χ3v) is 5.17. The van der Waals surface area contributed by atoms with Gasteiger partial charge < -0.3 is 25.2 Å². The monoisotopic (exact) mass is 319 g/mol. The van der Waals surface area contributed by atoms with Crippen LogP contribution in [0.2, 0.25) is 0 Å². The zero-order chi connectivity index (χ0) is 16.2. The maximum atomic E-state index is 10.5. The van der Waals surface area contributed by atoms with Crippen LogP contribution in [0.15, 0.2) is 12.7 Å². The zero-order valence-electron chi connectivity index (χ0n) is 12.9. The summed E-state index contributed by atoms with van der Waals surface area (Å²) in [6.07, 6.45) is 4.84. The van der Waals surface area contributed by atoms with Crippen LogP contribution in [-0.2, 0) is 0 Å². The minimum atomic E-state index is -1.34. The van der Waals surface area contributed by atoms with E-state index in [0.717, 1.165) is 12.8 Å². The molecule has 0 unspecified atom stereocenters. The number of hydrogen-bond donors (Lipinski definition) is 4. The minimum absolute atomic E-state index is 0.170. The Labute approximate surface area is 133 Å². The molecule has 23 heavy (non-hydrogen) atoms. The summed E-state index contributed by atoms with van der Waals surface area (Å²) in [6, 6.07) is 0.0747. The summed E-state index contributed by atoms with van der Waals surface area (Å²) in [6.45, 7) is 1.39. The number of anilines is 1. The molecule has 2 fully saturated rings. The van der Waals surface area contributed by atoms with E-state index >= 15 is 0 Å². The van der Waals surface area contributed by atoms with Crippen molar-refractivity contribution < 1.29 is 15.3 Å². The number of aliphatic hydroxyl groups excluding tert-OH is 2. The highest BCUT2D eigenvalue weighted by Crippen LogP contribution is 2.43. The van der Waals surface area contributed by atoms with Crippen molar-refractivity contribution in [3.63, 3.8) is 0 Å². The molecular formula is C15H21N5O3. The van der Waals surface area contributed by atoms with Crippen LogP contribution in [0.5, 0.6) is 0 Å². The van der Waals surface area contributed by atoms with Gasteiger partial charge in [0.15, 0.2) is 11.5 Å². The molecule has 2 heterocycles. The predicted octanol–water partition coefficient (Wildman–Crippen LogP) is 0.0658. The van der Waals surface area contributed by atoms with Crippen LogP contribution in [0.3, 0.4) is 0 Å². The zero-order valence-corrected chi connectivity index (χ0v) is 12.9. The molecule has 2 aliphatic rings. The number of fused-ring (bicyclic) bond motifs is 1. The molecule has 8 nitrogen and oxygen atoms in total. The summed E-state index contributed by atoms with van der Waals surface area (Å²) in [5, 5.41) is 33.8. The highest BCUT2D eigenvalue weighted by Gasteiger charge is 2.51. The molecule has 4 N–H and O–H groups in total. The van der Waals surface area contributed by atoms with Gasteiger partial charge in [0.2, 0.25) is 0 Å². The van der Waals surface area contributed by atoms with E-state index in [1.165, 1.54) is 6.33 Å². The average Bonchev–Trinajstić information content (AvgIpc) is 3.19. The smallest absolute Gasteiger partial charge is 0.165 e. The maximum Gasteiger partial charge on any atom is 0.165 e. The second-order valence-corrected chi connectivity index (χ2v) is 6.82. The first-order valence-corrected chi connectivity index (χ1v) is 7.97. The quantitative estimate of drug-likeness (QED) is 0.630. The number of nitrogens with one attached hydrogen (secondary N) is 1. The molecule has 4 atom stereocenters. The minimum Gasteiger partial charge on any atom is -0.396 e. The van der Waals surface area contributed by atoms with Gasteiger partial charge in [-0.25, -0.2) is 15.0 Å². The molecule has 0 amide bonds. The third-order valence-electron chi connectivity index (χ3n) is 5.17. The Hall–Kier alpha value is -1.77. The van der Waals surface area contributed by atoms with E-state index in [0.29, 0.717) is 29.4 Å². The topological polar surface area (TPSA) is 116 Å². The van der Waals surface area contributed by atoms with Crippen LogP contribution in [-0.4, -0.2) is 59.2 Å². The molecule has 0 bridgehead atoms. The number of aliphatic hydroxyl groups is 3. The van der Waals surface area contributed by atoms with Crippen molar-refractivity contribution in [3.05, 3.63) is 12.7 Å². The highest BCUT2D eigenvalue weighted by molar-refractivity contribution is 5.83. The Bertz CT molecular complexity index is 727. The van der Waals surface area contributed by atoms with Gasteiger partial charge in [0.1, 0.15) is 17.9 Å². The van der Waals surface area contributed by atoms with Gasteiger partial charge in [0.25, 0.3) is 0 Å². The summed E-state index contributed by atoms with van der Waals surface area (Å²) < 4.78 is 1.78. The van der Waals surface area contributed by atoms with Crippen molar-refractivity contribution in [1.82, 2.24) is 19.5 Å². The molecule has 0 radical (unpaired) electrons. The lowest BCUT2D eigenvalue weighted by Crippen LogP contribution is -2.43. The molecule has 0 aliphatic heterocycles. The van der Waals surface area contributed by atoms with Gasteiger partial charge in [-0.05, 0) is 26.2 Å². The molecule has 2 saturated carbocycles. The summed E-state index contributed by atoms with van der Waals surface area (Å²) in [4.78, 5) is 13.0. The molecule has 2 aliphatic carbocycles. The number of aromatic nitrogens is 4. The van der Waals surface area contributed by atoms with Crippen LogP contribution < -0.4 is 5.32 Å². The van der Waals surface area contributed by atoms with Crippen LogP contribution in [0.25, 0.3) is 11.2 Å². The Morgan fingerprint density at radius 2 is 2.13 bits per heavy atom. The number of imidazole rings is 1. The molecule has 4 rings (SSSR count). The predicted molar refractivity (Wildman–Crippen MR) is 82.8 cm³/mol. The first-order valence-electron chi connectivity index (χ1n) is 7.97. The van der Waals surface area contributed by atoms with Crippen molar-refractivity contribution >= 4 is 17.0 Å². The molecule has 0 spiro atoms. The second kappa shape index (κ2) is 5.12. The van der Waals surface area contributed by atoms with Crippen molar-refractivity contribution in [3.8, 4) is 0 Å². The summed E-state index contributed by atoms with van der Waals surface area (Å²) >= 11 is 0. The van der Waals surface area contributed by atoms with E-state index in [9.17, 15) is 15.3 Å². The average molecular weight is 319 g/mol. The van der Waals surface area contributed by atoms with E-state index in [1.54, 1.807) is 17.8 Å². The van der Waals surface area contributed by atoms with Crippen molar-refractivity contribution in [2.75, 3.05) is 11.9 Å². The van der Waals surface area contributed by atoms with Crippen LogP contribution >= 0.6 is 0 Å². The van der Waals surface area contributed by atoms with E-state index in [4.69, 9.17) is 0 Å². The lowest BCUT2D eigenvalue weighted by Gasteiger charge is -2.28. The Kier molecular flexibility index (Phi) is 3.29. The van der Waals surface area contributed by atoms with Crippen molar-refractivity contribution in [2.45, 2.75) is 50.0 Å². The van der Waals surface area contributed by atoms with Crippen molar-refractivity contribution in [2.24, 2.45) is 5.92 Å². The largest absolute Gasteiger partial charge is 0.396 e. The van der Waals surface area contributed by atoms with Gasteiger partial charge in [-0.15, -0.1) is 0 Å². The number of nitrogens with zero attached hydrogens (tertiary/aromatic N) is 4.